The third-order valence-corrected chi connectivity index (χ3v) is 5.87. The number of benzene rings is 1. The van der Waals surface area contributed by atoms with Gasteiger partial charge in [-0.2, -0.15) is 5.10 Å². The number of alkyl halides is 1. The Labute approximate surface area is 164 Å². The smallest absolute Gasteiger partial charge is 0.156 e. The normalized spacial score (nSPS) is 22.5. The minimum atomic E-state index is -0.898. The number of hydrogen-bond donors (Lipinski definition) is 3. The van der Waals surface area contributed by atoms with Gasteiger partial charge in [-0.3, -0.25) is 10.1 Å². The molecular weight excluding hydrogens is 353 g/mol. The first-order chi connectivity index (χ1) is 13.6. The lowest BCUT2D eigenvalue weighted by molar-refractivity contribution is 0.244. The summed E-state index contributed by atoms with van der Waals surface area (Å²) in [6.07, 6.45) is 2.32. The molecule has 28 heavy (non-hydrogen) atoms. The van der Waals surface area contributed by atoms with Gasteiger partial charge in [-0.15, -0.1) is 0 Å². The third-order valence-electron chi connectivity index (χ3n) is 5.87. The Kier molecular flexibility index (Phi) is 4.31. The number of anilines is 1. The topological polar surface area (TPSA) is 65.6 Å². The summed E-state index contributed by atoms with van der Waals surface area (Å²) in [6.45, 7) is 5.31. The summed E-state index contributed by atoms with van der Waals surface area (Å²) in [7, 11) is 0. The Morgan fingerprint density at radius 2 is 1.86 bits per heavy atom. The van der Waals surface area contributed by atoms with Crippen molar-refractivity contribution < 1.29 is 4.39 Å². The molecule has 146 valence electrons. The van der Waals surface area contributed by atoms with E-state index in [1.165, 1.54) is 29.5 Å². The summed E-state index contributed by atoms with van der Waals surface area (Å²) in [5.41, 5.74) is 6.87. The van der Waals surface area contributed by atoms with E-state index in [0.717, 1.165) is 41.1 Å². The highest BCUT2D eigenvalue weighted by Crippen LogP contribution is 2.46. The zero-order chi connectivity index (χ0) is 19.3. The standard InChI is InChI=1S/C22H26FN5/c1-12-7-15(8-13(2)25-12)17-10-21-18(9-16(17)14-3-4-14)22(28-27-21)26-20-5-6-24-11-19(20)23/h7-10,14,19-20,24H,3-6,11H2,1-2H3,(H2,26,27,28). The van der Waals surface area contributed by atoms with Crippen LogP contribution in [0.3, 0.4) is 0 Å². The maximum Gasteiger partial charge on any atom is 0.156 e. The van der Waals surface area contributed by atoms with Crippen LogP contribution < -0.4 is 10.6 Å². The summed E-state index contributed by atoms with van der Waals surface area (Å²) >= 11 is 0. The average molecular weight is 379 g/mol. The number of hydrogen-bond acceptors (Lipinski definition) is 4. The number of H-pyrrole nitrogens is 1. The lowest BCUT2D eigenvalue weighted by Crippen LogP contribution is -2.45. The van der Waals surface area contributed by atoms with E-state index < -0.39 is 6.17 Å². The SMILES string of the molecule is Cc1cc(-c2cc3[nH]nc(NC4CCNCC4F)c3cc2C2CC2)cc(C)n1. The number of piperidine rings is 1. The van der Waals surface area contributed by atoms with E-state index in [0.29, 0.717) is 12.5 Å². The lowest BCUT2D eigenvalue weighted by Gasteiger charge is -2.27. The van der Waals surface area contributed by atoms with Crippen LogP contribution in [0.25, 0.3) is 22.0 Å². The number of aromatic amines is 1. The van der Waals surface area contributed by atoms with Gasteiger partial charge in [-0.05, 0) is 86.5 Å². The maximum absolute atomic E-state index is 14.2. The summed E-state index contributed by atoms with van der Waals surface area (Å²) in [6, 6.07) is 8.57. The minimum absolute atomic E-state index is 0.192. The van der Waals surface area contributed by atoms with Crippen LogP contribution in [-0.4, -0.2) is 40.5 Å². The Morgan fingerprint density at radius 3 is 2.57 bits per heavy atom. The fraction of sp³-hybridized carbons (Fsp3) is 0.455. The van der Waals surface area contributed by atoms with Gasteiger partial charge in [0, 0.05) is 23.3 Å². The molecule has 0 amide bonds. The van der Waals surface area contributed by atoms with Crippen molar-refractivity contribution in [3.05, 3.63) is 41.2 Å². The van der Waals surface area contributed by atoms with E-state index in [4.69, 9.17) is 0 Å². The van der Waals surface area contributed by atoms with Gasteiger partial charge in [0.15, 0.2) is 5.82 Å². The Hall–Kier alpha value is -2.47. The van der Waals surface area contributed by atoms with Crippen molar-refractivity contribution in [1.29, 1.82) is 0 Å². The van der Waals surface area contributed by atoms with Gasteiger partial charge >= 0.3 is 0 Å². The number of aryl methyl sites for hydroxylation is 2. The van der Waals surface area contributed by atoms with Crippen LogP contribution in [0, 0.1) is 13.8 Å². The second-order valence-corrected chi connectivity index (χ2v) is 8.23. The molecule has 0 radical (unpaired) electrons. The molecule has 1 aliphatic heterocycles. The van der Waals surface area contributed by atoms with Gasteiger partial charge in [0.25, 0.3) is 0 Å². The van der Waals surface area contributed by atoms with Crippen molar-refractivity contribution in [3.8, 4) is 11.1 Å². The molecule has 1 aliphatic carbocycles. The predicted octanol–water partition coefficient (Wildman–Crippen LogP) is 4.23. The number of pyridine rings is 1. The van der Waals surface area contributed by atoms with Crippen LogP contribution in [0.2, 0.25) is 0 Å². The minimum Gasteiger partial charge on any atom is -0.362 e. The van der Waals surface area contributed by atoms with Gasteiger partial charge in [0.1, 0.15) is 6.17 Å². The highest BCUT2D eigenvalue weighted by molar-refractivity contribution is 5.94. The van der Waals surface area contributed by atoms with E-state index in [2.05, 4.69) is 50.1 Å². The van der Waals surface area contributed by atoms with Crippen LogP contribution in [-0.2, 0) is 0 Å². The van der Waals surface area contributed by atoms with Crippen molar-refractivity contribution in [2.24, 2.45) is 0 Å². The van der Waals surface area contributed by atoms with Crippen molar-refractivity contribution in [3.63, 3.8) is 0 Å². The molecular formula is C22H26FN5. The number of nitrogens with zero attached hydrogens (tertiary/aromatic N) is 2. The van der Waals surface area contributed by atoms with Crippen molar-refractivity contribution in [1.82, 2.24) is 20.5 Å². The molecule has 2 unspecified atom stereocenters. The van der Waals surface area contributed by atoms with Crippen molar-refractivity contribution in [2.75, 3.05) is 18.4 Å². The van der Waals surface area contributed by atoms with Crippen LogP contribution in [0.5, 0.6) is 0 Å². The molecule has 6 heteroatoms. The molecule has 1 saturated carbocycles. The van der Waals surface area contributed by atoms with Crippen LogP contribution in [0.15, 0.2) is 24.3 Å². The molecule has 2 aromatic heterocycles. The largest absolute Gasteiger partial charge is 0.362 e. The fourth-order valence-electron chi connectivity index (χ4n) is 4.32. The molecule has 3 N–H and O–H groups in total. The van der Waals surface area contributed by atoms with E-state index in [1.54, 1.807) is 0 Å². The molecule has 5 nitrogen and oxygen atoms in total. The number of fused-ring (bicyclic) bond motifs is 1. The number of halogens is 1. The molecule has 0 spiro atoms. The molecule has 3 heterocycles. The maximum atomic E-state index is 14.2. The summed E-state index contributed by atoms with van der Waals surface area (Å²) in [5, 5.41) is 15.1. The van der Waals surface area contributed by atoms with E-state index in [-0.39, 0.29) is 6.04 Å². The van der Waals surface area contributed by atoms with Crippen molar-refractivity contribution >= 4 is 16.7 Å². The zero-order valence-corrected chi connectivity index (χ0v) is 16.3. The first-order valence-corrected chi connectivity index (χ1v) is 10.2. The molecule has 3 aromatic rings. The average Bonchev–Trinajstić information content (AvgIpc) is 3.44. The second kappa shape index (κ2) is 6.85. The molecule has 0 bridgehead atoms. The second-order valence-electron chi connectivity index (χ2n) is 8.23. The number of aromatic nitrogens is 3. The number of nitrogens with one attached hydrogen (secondary N) is 3. The molecule has 2 aliphatic rings. The first kappa shape index (κ1) is 17.6. The van der Waals surface area contributed by atoms with Gasteiger partial charge in [-0.25, -0.2) is 4.39 Å². The quantitative estimate of drug-likeness (QED) is 0.635. The van der Waals surface area contributed by atoms with E-state index >= 15 is 0 Å². The monoisotopic (exact) mass is 379 g/mol. The highest BCUT2D eigenvalue weighted by Gasteiger charge is 2.29. The van der Waals surface area contributed by atoms with E-state index in [9.17, 15) is 4.39 Å². The summed E-state index contributed by atoms with van der Waals surface area (Å²) in [5.74, 6) is 1.36. The van der Waals surface area contributed by atoms with Crippen LogP contribution >= 0.6 is 0 Å². The molecule has 1 aromatic carbocycles. The van der Waals surface area contributed by atoms with Crippen LogP contribution in [0.1, 0.15) is 42.1 Å². The Balaban J connectivity index is 1.57. The fourth-order valence-corrected chi connectivity index (χ4v) is 4.32. The van der Waals surface area contributed by atoms with Crippen molar-refractivity contribution in [2.45, 2.75) is 51.2 Å². The third kappa shape index (κ3) is 3.26. The number of rotatable bonds is 4. The van der Waals surface area contributed by atoms with E-state index in [1.807, 2.05) is 13.8 Å². The van der Waals surface area contributed by atoms with Gasteiger partial charge < -0.3 is 10.6 Å². The predicted molar refractivity (Wildman–Crippen MR) is 111 cm³/mol. The zero-order valence-electron chi connectivity index (χ0n) is 16.3. The van der Waals surface area contributed by atoms with Gasteiger partial charge in [-0.1, -0.05) is 0 Å². The lowest BCUT2D eigenvalue weighted by atomic mass is 9.94. The summed E-state index contributed by atoms with van der Waals surface area (Å²) in [4.78, 5) is 4.52. The van der Waals surface area contributed by atoms with Gasteiger partial charge in [0.2, 0.25) is 0 Å². The van der Waals surface area contributed by atoms with Crippen LogP contribution in [0.4, 0.5) is 10.2 Å². The molecule has 2 fully saturated rings. The Bertz CT molecular complexity index is 1000. The summed E-state index contributed by atoms with van der Waals surface area (Å²) < 4.78 is 14.2. The Morgan fingerprint density at radius 1 is 1.07 bits per heavy atom. The molecule has 1 saturated heterocycles. The molecule has 2 atom stereocenters. The van der Waals surface area contributed by atoms with Gasteiger partial charge in [0.05, 0.1) is 11.6 Å². The highest BCUT2D eigenvalue weighted by atomic mass is 19.1. The first-order valence-electron chi connectivity index (χ1n) is 10.2. The molecule has 5 rings (SSSR count).